The zero-order valence-corrected chi connectivity index (χ0v) is 48.0. The van der Waals surface area contributed by atoms with Crippen molar-refractivity contribution in [2.75, 3.05) is 7.05 Å². The summed E-state index contributed by atoms with van der Waals surface area (Å²) in [6.45, 7) is 0. The van der Waals surface area contributed by atoms with Crippen LogP contribution in [0.25, 0.3) is 166 Å². The maximum atomic E-state index is 6.89. The summed E-state index contributed by atoms with van der Waals surface area (Å²) in [5, 5.41) is 8.71. The molecule has 10 heterocycles. The molecule has 1 aliphatic rings. The summed E-state index contributed by atoms with van der Waals surface area (Å²) in [4.78, 5) is 8.57. The molecule has 1 atom stereocenters. The summed E-state index contributed by atoms with van der Waals surface area (Å²) in [6.07, 6.45) is 4.77. The number of pyridine rings is 1. The third-order valence-electron chi connectivity index (χ3n) is 18.8. The van der Waals surface area contributed by atoms with Gasteiger partial charge in [-0.1, -0.05) is 158 Å². The Morgan fingerprint density at radius 2 is 0.674 bits per heavy atom. The molecule has 89 heavy (non-hydrogen) atoms. The van der Waals surface area contributed by atoms with E-state index in [1.807, 2.05) is 0 Å². The number of aromatic nitrogens is 7. The van der Waals surface area contributed by atoms with Gasteiger partial charge >= 0.3 is 0 Å². The molecular formula is C79H50N8O2. The van der Waals surface area contributed by atoms with Gasteiger partial charge in [0.2, 0.25) is 0 Å². The van der Waals surface area contributed by atoms with E-state index >= 15 is 0 Å². The lowest BCUT2D eigenvalue weighted by Gasteiger charge is -2.35. The van der Waals surface area contributed by atoms with Crippen LogP contribution in [0.4, 0.5) is 0 Å². The van der Waals surface area contributed by atoms with E-state index < -0.39 is 6.04 Å². The molecule has 0 saturated heterocycles. The van der Waals surface area contributed by atoms with Crippen LogP contribution < -0.4 is 0 Å². The van der Waals surface area contributed by atoms with Crippen molar-refractivity contribution < 1.29 is 8.83 Å². The second kappa shape index (κ2) is 18.0. The van der Waals surface area contributed by atoms with E-state index in [9.17, 15) is 0 Å². The van der Waals surface area contributed by atoms with Gasteiger partial charge in [-0.05, 0) is 109 Å². The number of furan rings is 2. The van der Waals surface area contributed by atoms with Crippen molar-refractivity contribution in [3.63, 3.8) is 0 Å². The molecule has 9 aromatic heterocycles. The largest absolute Gasteiger partial charge is 0.454 e. The van der Waals surface area contributed by atoms with Crippen LogP contribution >= 0.6 is 0 Å². The van der Waals surface area contributed by atoms with E-state index in [1.165, 1.54) is 0 Å². The molecular weight excluding hydrogens is 1090 g/mol. The molecule has 0 aliphatic carbocycles. The van der Waals surface area contributed by atoms with Crippen LogP contribution in [0.1, 0.15) is 11.7 Å². The average Bonchev–Trinajstić information content (AvgIpc) is 1.60. The van der Waals surface area contributed by atoms with Gasteiger partial charge in [-0.2, -0.15) is 0 Å². The second-order valence-corrected chi connectivity index (χ2v) is 23.5. The first-order valence-electron chi connectivity index (χ1n) is 30.3. The Hall–Kier alpha value is -12.0. The molecule has 0 saturated carbocycles. The molecule has 1 unspecified atom stereocenters. The van der Waals surface area contributed by atoms with E-state index in [2.05, 4.69) is 318 Å². The van der Waals surface area contributed by atoms with Crippen molar-refractivity contribution in [3.05, 3.63) is 285 Å². The van der Waals surface area contributed by atoms with Crippen LogP contribution in [-0.2, 0) is 0 Å². The van der Waals surface area contributed by atoms with Crippen LogP contribution in [0.5, 0.6) is 0 Å². The van der Waals surface area contributed by atoms with E-state index in [0.717, 1.165) is 172 Å². The van der Waals surface area contributed by atoms with Crippen LogP contribution in [0.15, 0.2) is 288 Å². The second-order valence-electron chi connectivity index (χ2n) is 23.5. The first kappa shape index (κ1) is 48.2. The highest BCUT2D eigenvalue weighted by atomic mass is 16.3. The molecule has 10 nitrogen and oxygen atoms in total. The lowest BCUT2D eigenvalue weighted by Crippen LogP contribution is -2.29. The zero-order valence-electron chi connectivity index (χ0n) is 48.0. The van der Waals surface area contributed by atoms with Gasteiger partial charge in [0.05, 0.1) is 72.6 Å². The van der Waals surface area contributed by atoms with Crippen molar-refractivity contribution in [1.29, 1.82) is 0 Å². The van der Waals surface area contributed by atoms with E-state index in [-0.39, 0.29) is 0 Å². The van der Waals surface area contributed by atoms with E-state index in [1.54, 1.807) is 0 Å². The van der Waals surface area contributed by atoms with Gasteiger partial charge in [0, 0.05) is 79.4 Å². The summed E-state index contributed by atoms with van der Waals surface area (Å²) in [7, 11) is 2.23. The third-order valence-corrected chi connectivity index (χ3v) is 18.8. The van der Waals surface area contributed by atoms with Crippen molar-refractivity contribution in [1.82, 2.24) is 37.3 Å². The monoisotopic (exact) mass is 1140 g/mol. The standard InChI is InChI=1S/C79H50N8O2/c1-81-67(45-51(85-65-40-20-12-32-56(65)78-76(85)58-34-14-22-42-68(58)88-78)47-71(81)87-66-41-21-13-33-57(66)79-77(87)59-35-15-23-43-69(59)89-79)60-44-50(84-63-38-18-9-29-53(63)72-73(84)52-28-8-16-36-61(52)82(72)48-24-4-2-5-25-48)46-70(80-60)86-64-39-19-11-31-55(64)74-75(86)54-30-10-17-37-62(54)83(74)49-26-6-3-7-27-49/h2-47,67H,1H3. The number of likely N-dealkylation sites (N-methyl/N-ethyl adjacent to an activating group) is 1. The Bertz CT molecular complexity index is 6030. The van der Waals surface area contributed by atoms with Gasteiger partial charge in [0.15, 0.2) is 11.2 Å². The lowest BCUT2D eigenvalue weighted by atomic mass is 10.0. The summed E-state index contributed by atoms with van der Waals surface area (Å²) >= 11 is 0. The maximum absolute atomic E-state index is 6.89. The fourth-order valence-electron chi connectivity index (χ4n) is 15.2. The zero-order chi connectivity index (χ0) is 58.2. The molecule has 20 rings (SSSR count). The Labute approximate surface area is 507 Å². The van der Waals surface area contributed by atoms with Gasteiger partial charge in [0.25, 0.3) is 0 Å². The first-order valence-corrected chi connectivity index (χ1v) is 30.3. The minimum absolute atomic E-state index is 0.474. The number of nitrogens with zero attached hydrogens (tertiary/aromatic N) is 8. The van der Waals surface area contributed by atoms with Gasteiger partial charge in [-0.15, -0.1) is 0 Å². The highest BCUT2D eigenvalue weighted by Crippen LogP contribution is 2.48. The average molecular weight is 1140 g/mol. The van der Waals surface area contributed by atoms with E-state index in [0.29, 0.717) is 0 Å². The van der Waals surface area contributed by atoms with Crippen molar-refractivity contribution in [3.8, 4) is 22.9 Å². The number of hydrogen-bond donors (Lipinski definition) is 0. The normalized spacial score (nSPS) is 14.1. The molecule has 0 bridgehead atoms. The van der Waals surface area contributed by atoms with Crippen molar-refractivity contribution in [2.45, 2.75) is 6.04 Å². The molecule has 10 heteroatoms. The number of fused-ring (bicyclic) bond motifs is 20. The van der Waals surface area contributed by atoms with Gasteiger partial charge in [0.1, 0.15) is 33.8 Å². The van der Waals surface area contributed by atoms with E-state index in [4.69, 9.17) is 13.8 Å². The molecule has 0 N–H and O–H groups in total. The maximum Gasteiger partial charge on any atom is 0.161 e. The third kappa shape index (κ3) is 6.55. The number of allylic oxidation sites excluding steroid dienone is 2. The number of rotatable bonds is 7. The number of hydrogen-bond acceptors (Lipinski definition) is 4. The number of para-hydroxylation sites is 10. The Balaban J connectivity index is 0.941. The van der Waals surface area contributed by atoms with Crippen molar-refractivity contribution in [2.24, 2.45) is 0 Å². The molecule has 0 fully saturated rings. The van der Waals surface area contributed by atoms with Gasteiger partial charge in [-0.3, -0.25) is 9.13 Å². The van der Waals surface area contributed by atoms with Crippen molar-refractivity contribution >= 4 is 143 Å². The molecule has 0 amide bonds. The molecule has 1 aliphatic heterocycles. The predicted molar refractivity (Wildman–Crippen MR) is 364 cm³/mol. The van der Waals surface area contributed by atoms with Gasteiger partial charge < -0.3 is 32.0 Å². The smallest absolute Gasteiger partial charge is 0.161 e. The molecule has 19 aromatic rings. The minimum atomic E-state index is -0.474. The SMILES string of the molecule is CN1C(n2c3ccccc3c3oc4ccccc4c32)=CC(n2c3ccccc3c3oc4ccccc4c32)=CC1c1cc(-n2c3ccccc3c3c2c2ccccc2n3-c2ccccc2)cc(-n2c3ccccc3c3c2c2ccccc2n3-c2ccccc2)n1. The lowest BCUT2D eigenvalue weighted by molar-refractivity contribution is 0.389. The summed E-state index contributed by atoms with van der Waals surface area (Å²) in [5.41, 5.74) is 21.3. The molecule has 0 spiro atoms. The fourth-order valence-corrected chi connectivity index (χ4v) is 15.2. The highest BCUT2D eigenvalue weighted by molar-refractivity contribution is 6.23. The summed E-state index contributed by atoms with van der Waals surface area (Å²) < 4.78 is 28.4. The van der Waals surface area contributed by atoms with Crippen LogP contribution in [-0.4, -0.2) is 44.3 Å². The van der Waals surface area contributed by atoms with Gasteiger partial charge in [-0.25, -0.2) is 4.98 Å². The Kier molecular flexibility index (Phi) is 9.77. The Morgan fingerprint density at radius 3 is 1.16 bits per heavy atom. The predicted octanol–water partition coefficient (Wildman–Crippen LogP) is 19.9. The Morgan fingerprint density at radius 1 is 0.315 bits per heavy atom. The summed E-state index contributed by atoms with van der Waals surface area (Å²) in [5.74, 6) is 1.75. The first-order chi connectivity index (χ1) is 44.1. The van der Waals surface area contributed by atoms with Crippen LogP contribution in [0.3, 0.4) is 0 Å². The quantitative estimate of drug-likeness (QED) is 0.159. The number of benzene rings is 10. The highest BCUT2D eigenvalue weighted by Gasteiger charge is 2.34. The molecule has 0 radical (unpaired) electrons. The van der Waals surface area contributed by atoms with Crippen LogP contribution in [0, 0.1) is 0 Å². The molecule has 10 aromatic carbocycles. The topological polar surface area (TPSA) is 72.0 Å². The van der Waals surface area contributed by atoms with Crippen LogP contribution in [0.2, 0.25) is 0 Å². The summed E-state index contributed by atoms with van der Waals surface area (Å²) in [6, 6.07) is 95.2. The fraction of sp³-hybridized carbons (Fsp3) is 0.0253. The minimum Gasteiger partial charge on any atom is -0.454 e. The molecule has 418 valence electrons.